The van der Waals surface area contributed by atoms with E-state index in [0.717, 1.165) is 30.1 Å². The van der Waals surface area contributed by atoms with Crippen molar-refractivity contribution in [2.24, 2.45) is 0 Å². The van der Waals surface area contributed by atoms with Crippen molar-refractivity contribution < 1.29 is 4.79 Å². The number of allylic oxidation sites excluding steroid dienone is 1. The Kier molecular flexibility index (Phi) is 5.77. The van der Waals surface area contributed by atoms with Gasteiger partial charge >= 0.3 is 0 Å². The van der Waals surface area contributed by atoms with Crippen LogP contribution in [0.15, 0.2) is 11.6 Å². The molecule has 0 aromatic carbocycles. The van der Waals surface area contributed by atoms with Gasteiger partial charge in [0.05, 0.1) is 10.7 Å². The summed E-state index contributed by atoms with van der Waals surface area (Å²) in [5.74, 6) is 0.145. The van der Waals surface area contributed by atoms with Crippen molar-refractivity contribution >= 4 is 17.2 Å². The Balaban J connectivity index is 1.64. The standard InChI is InChI=1S/C16H24N2OS/c1-12-13(2)20-16(18-12)9-8-15(19)17-11-10-14-6-4-3-5-7-14/h6H,3-5,7-11H2,1-2H3,(H,17,19). The van der Waals surface area contributed by atoms with Gasteiger partial charge in [-0.1, -0.05) is 11.6 Å². The molecule has 0 atom stereocenters. The molecule has 20 heavy (non-hydrogen) atoms. The Morgan fingerprint density at radius 1 is 1.35 bits per heavy atom. The molecular formula is C16H24N2OS. The van der Waals surface area contributed by atoms with Crippen LogP contribution >= 0.6 is 11.3 Å². The fraction of sp³-hybridized carbons (Fsp3) is 0.625. The molecule has 2 rings (SSSR count). The smallest absolute Gasteiger partial charge is 0.220 e. The molecule has 1 aromatic rings. The summed E-state index contributed by atoms with van der Waals surface area (Å²) in [5, 5.41) is 4.09. The van der Waals surface area contributed by atoms with Crippen LogP contribution in [-0.2, 0) is 11.2 Å². The minimum atomic E-state index is 0.145. The fourth-order valence-corrected chi connectivity index (χ4v) is 3.38. The molecule has 0 saturated carbocycles. The molecule has 4 heteroatoms. The van der Waals surface area contributed by atoms with Crippen molar-refractivity contribution in [1.82, 2.24) is 10.3 Å². The third kappa shape index (κ3) is 4.75. The van der Waals surface area contributed by atoms with Crippen LogP contribution in [0.5, 0.6) is 0 Å². The fourth-order valence-electron chi connectivity index (χ4n) is 2.45. The first kappa shape index (κ1) is 15.2. The molecule has 1 N–H and O–H groups in total. The van der Waals surface area contributed by atoms with Crippen LogP contribution in [0.3, 0.4) is 0 Å². The minimum Gasteiger partial charge on any atom is -0.356 e. The largest absolute Gasteiger partial charge is 0.356 e. The van der Waals surface area contributed by atoms with Crippen molar-refractivity contribution in [2.45, 2.75) is 58.8 Å². The van der Waals surface area contributed by atoms with Crippen LogP contribution in [0, 0.1) is 13.8 Å². The number of hydrogen-bond acceptors (Lipinski definition) is 3. The van der Waals surface area contributed by atoms with Crippen LogP contribution in [0.2, 0.25) is 0 Å². The van der Waals surface area contributed by atoms with E-state index in [1.54, 1.807) is 11.3 Å². The quantitative estimate of drug-likeness (QED) is 0.812. The highest BCUT2D eigenvalue weighted by atomic mass is 32.1. The van der Waals surface area contributed by atoms with Crippen molar-refractivity contribution in [3.63, 3.8) is 0 Å². The van der Waals surface area contributed by atoms with Crippen molar-refractivity contribution in [1.29, 1.82) is 0 Å². The summed E-state index contributed by atoms with van der Waals surface area (Å²) in [6.07, 6.45) is 9.72. The summed E-state index contributed by atoms with van der Waals surface area (Å²) in [6.45, 7) is 4.88. The van der Waals surface area contributed by atoms with Gasteiger partial charge in [0.15, 0.2) is 0 Å². The Hall–Kier alpha value is -1.16. The van der Waals surface area contributed by atoms with E-state index < -0.39 is 0 Å². The number of aryl methyl sites for hydroxylation is 3. The van der Waals surface area contributed by atoms with Crippen LogP contribution < -0.4 is 5.32 Å². The molecule has 3 nitrogen and oxygen atoms in total. The Bertz CT molecular complexity index is 471. The maximum Gasteiger partial charge on any atom is 0.220 e. The summed E-state index contributed by atoms with van der Waals surface area (Å²) >= 11 is 1.70. The molecule has 1 aliphatic carbocycles. The first-order valence-electron chi connectivity index (χ1n) is 7.52. The highest BCUT2D eigenvalue weighted by Crippen LogP contribution is 2.19. The van der Waals surface area contributed by atoms with E-state index in [4.69, 9.17) is 0 Å². The summed E-state index contributed by atoms with van der Waals surface area (Å²) in [7, 11) is 0. The van der Waals surface area contributed by atoms with Gasteiger partial charge in [-0.15, -0.1) is 11.3 Å². The third-order valence-electron chi connectivity index (χ3n) is 3.79. The topological polar surface area (TPSA) is 42.0 Å². The van der Waals surface area contributed by atoms with Gasteiger partial charge in [0, 0.05) is 24.3 Å². The SMILES string of the molecule is Cc1nc(CCC(=O)NCCC2=CCCCC2)sc1C. The van der Waals surface area contributed by atoms with Gasteiger partial charge in [-0.25, -0.2) is 4.98 Å². The number of carbonyl (C=O) groups is 1. The lowest BCUT2D eigenvalue weighted by atomic mass is 9.97. The average molecular weight is 292 g/mol. The normalized spacial score (nSPS) is 15.0. The number of nitrogens with one attached hydrogen (secondary N) is 1. The van der Waals surface area contributed by atoms with E-state index in [9.17, 15) is 4.79 Å². The van der Waals surface area contributed by atoms with Gasteiger partial charge in [-0.2, -0.15) is 0 Å². The van der Waals surface area contributed by atoms with E-state index in [-0.39, 0.29) is 5.91 Å². The Morgan fingerprint density at radius 3 is 2.85 bits per heavy atom. The van der Waals surface area contributed by atoms with E-state index in [0.29, 0.717) is 6.42 Å². The van der Waals surface area contributed by atoms with Gasteiger partial charge in [-0.05, 0) is 46.0 Å². The molecule has 0 bridgehead atoms. The molecule has 0 fully saturated rings. The predicted octanol–water partition coefficient (Wildman–Crippen LogP) is 3.70. The van der Waals surface area contributed by atoms with Gasteiger partial charge in [0.25, 0.3) is 0 Å². The van der Waals surface area contributed by atoms with Gasteiger partial charge in [-0.3, -0.25) is 4.79 Å². The first-order valence-corrected chi connectivity index (χ1v) is 8.34. The van der Waals surface area contributed by atoms with Crippen LogP contribution in [0.4, 0.5) is 0 Å². The summed E-state index contributed by atoms with van der Waals surface area (Å²) in [5.41, 5.74) is 2.61. The number of hydrogen-bond donors (Lipinski definition) is 1. The number of thiazole rings is 1. The second-order valence-corrected chi connectivity index (χ2v) is 6.75. The van der Waals surface area contributed by atoms with E-state index in [1.165, 1.54) is 36.1 Å². The lowest BCUT2D eigenvalue weighted by molar-refractivity contribution is -0.121. The minimum absolute atomic E-state index is 0.145. The van der Waals surface area contributed by atoms with Gasteiger partial charge < -0.3 is 5.32 Å². The molecule has 0 radical (unpaired) electrons. The van der Waals surface area contributed by atoms with Crippen molar-refractivity contribution in [2.75, 3.05) is 6.54 Å². The number of carbonyl (C=O) groups excluding carboxylic acids is 1. The maximum atomic E-state index is 11.8. The molecule has 0 spiro atoms. The molecule has 110 valence electrons. The number of amides is 1. The van der Waals surface area contributed by atoms with Gasteiger partial charge in [0.1, 0.15) is 0 Å². The van der Waals surface area contributed by atoms with Crippen molar-refractivity contribution in [3.05, 3.63) is 27.2 Å². The van der Waals surface area contributed by atoms with E-state index in [1.807, 2.05) is 6.92 Å². The Labute approximate surface area is 125 Å². The van der Waals surface area contributed by atoms with E-state index >= 15 is 0 Å². The highest BCUT2D eigenvalue weighted by molar-refractivity contribution is 7.11. The second kappa shape index (κ2) is 7.58. The summed E-state index contributed by atoms with van der Waals surface area (Å²) in [6, 6.07) is 0. The lowest BCUT2D eigenvalue weighted by Gasteiger charge is -2.12. The zero-order chi connectivity index (χ0) is 14.4. The van der Waals surface area contributed by atoms with Crippen molar-refractivity contribution in [3.8, 4) is 0 Å². The highest BCUT2D eigenvalue weighted by Gasteiger charge is 2.08. The molecule has 1 amide bonds. The number of rotatable bonds is 6. The van der Waals surface area contributed by atoms with Crippen LogP contribution in [0.1, 0.15) is 54.1 Å². The Morgan fingerprint density at radius 2 is 2.20 bits per heavy atom. The maximum absolute atomic E-state index is 11.8. The number of aromatic nitrogens is 1. The van der Waals surface area contributed by atoms with Gasteiger partial charge in [0.2, 0.25) is 5.91 Å². The molecule has 1 aliphatic rings. The summed E-state index contributed by atoms with van der Waals surface area (Å²) in [4.78, 5) is 17.5. The average Bonchev–Trinajstić information content (AvgIpc) is 2.77. The van der Waals surface area contributed by atoms with Crippen LogP contribution in [-0.4, -0.2) is 17.4 Å². The zero-order valence-electron chi connectivity index (χ0n) is 12.5. The molecule has 0 unspecified atom stereocenters. The molecule has 1 heterocycles. The summed E-state index contributed by atoms with van der Waals surface area (Å²) < 4.78 is 0. The molecule has 1 aromatic heterocycles. The van der Waals surface area contributed by atoms with E-state index in [2.05, 4.69) is 23.3 Å². The third-order valence-corrected chi connectivity index (χ3v) is 4.92. The lowest BCUT2D eigenvalue weighted by Crippen LogP contribution is -2.25. The monoisotopic (exact) mass is 292 g/mol. The predicted molar refractivity (Wildman–Crippen MR) is 84.1 cm³/mol. The van der Waals surface area contributed by atoms with Crippen LogP contribution in [0.25, 0.3) is 0 Å². The zero-order valence-corrected chi connectivity index (χ0v) is 13.3. The second-order valence-electron chi connectivity index (χ2n) is 5.46. The number of nitrogens with zero attached hydrogens (tertiary/aromatic N) is 1. The molecular weight excluding hydrogens is 268 g/mol. The first-order chi connectivity index (χ1) is 9.65. The molecule has 0 saturated heterocycles. The molecule has 0 aliphatic heterocycles.